The highest BCUT2D eigenvalue weighted by molar-refractivity contribution is 4.90. The molecule has 1 heteroatoms. The molecule has 0 amide bonds. The minimum absolute atomic E-state index is 0.578. The molecule has 0 saturated carbocycles. The van der Waals surface area contributed by atoms with Crippen LogP contribution in [0.1, 0.15) is 26.2 Å². The molecule has 0 aromatic carbocycles. The molecule has 0 radical (unpaired) electrons. The maximum Gasteiger partial charge on any atom is 0.0249 e. The predicted molar refractivity (Wildman–Crippen MR) is 40.4 cm³/mol. The third-order valence-corrected chi connectivity index (χ3v) is 1.94. The van der Waals surface area contributed by atoms with Crippen molar-refractivity contribution in [3.05, 3.63) is 12.7 Å². The molecule has 1 N–H and O–H groups in total. The summed E-state index contributed by atoms with van der Waals surface area (Å²) in [4.78, 5) is 0. The first-order valence-corrected chi connectivity index (χ1v) is 3.71. The average Bonchev–Trinajstić information content (AvgIpc) is 1.88. The molecule has 0 spiro atoms. The maximum atomic E-state index is 3.76. The summed E-state index contributed by atoms with van der Waals surface area (Å²) in [5.41, 5.74) is 0. The summed E-state index contributed by atoms with van der Waals surface area (Å²) in [5, 5.41) is 3.45. The van der Waals surface area contributed by atoms with Gasteiger partial charge in [-0.1, -0.05) is 12.5 Å². The van der Waals surface area contributed by atoms with Gasteiger partial charge in [0.15, 0.2) is 0 Å². The Morgan fingerprint density at radius 2 is 2.33 bits per heavy atom. The van der Waals surface area contributed by atoms with Crippen molar-refractivity contribution in [2.75, 3.05) is 0 Å². The first-order valence-electron chi connectivity index (χ1n) is 3.71. The van der Waals surface area contributed by atoms with Gasteiger partial charge in [0.25, 0.3) is 0 Å². The van der Waals surface area contributed by atoms with E-state index in [1.807, 2.05) is 6.08 Å². The molecule has 1 saturated heterocycles. The number of piperidine rings is 1. The van der Waals surface area contributed by atoms with E-state index >= 15 is 0 Å². The van der Waals surface area contributed by atoms with Gasteiger partial charge in [0.05, 0.1) is 0 Å². The van der Waals surface area contributed by atoms with E-state index in [9.17, 15) is 0 Å². The van der Waals surface area contributed by atoms with Crippen LogP contribution in [0.2, 0.25) is 0 Å². The Hall–Kier alpha value is -0.300. The van der Waals surface area contributed by atoms with Crippen LogP contribution in [0.15, 0.2) is 12.7 Å². The summed E-state index contributed by atoms with van der Waals surface area (Å²) in [6, 6.07) is 1.27. The summed E-state index contributed by atoms with van der Waals surface area (Å²) < 4.78 is 0. The predicted octanol–water partition coefficient (Wildman–Crippen LogP) is 1.70. The minimum atomic E-state index is 0.578. The van der Waals surface area contributed by atoms with Gasteiger partial charge in [0.1, 0.15) is 0 Å². The zero-order chi connectivity index (χ0) is 6.69. The second-order valence-corrected chi connectivity index (χ2v) is 2.84. The molecule has 1 fully saturated rings. The van der Waals surface area contributed by atoms with Gasteiger partial charge in [-0.2, -0.15) is 0 Å². The van der Waals surface area contributed by atoms with Crippen molar-refractivity contribution in [2.45, 2.75) is 38.3 Å². The fourth-order valence-corrected chi connectivity index (χ4v) is 1.36. The highest BCUT2D eigenvalue weighted by atomic mass is 14.9. The molecule has 2 atom stereocenters. The van der Waals surface area contributed by atoms with E-state index in [0.29, 0.717) is 12.1 Å². The molecule has 1 nitrogen and oxygen atoms in total. The van der Waals surface area contributed by atoms with E-state index in [0.717, 1.165) is 0 Å². The number of rotatable bonds is 1. The molecule has 0 aromatic heterocycles. The van der Waals surface area contributed by atoms with Gasteiger partial charge in [-0.15, -0.1) is 6.58 Å². The quantitative estimate of drug-likeness (QED) is 0.526. The topological polar surface area (TPSA) is 12.0 Å². The monoisotopic (exact) mass is 125 g/mol. The molecule has 0 unspecified atom stereocenters. The molecule has 1 rings (SSSR count). The van der Waals surface area contributed by atoms with Gasteiger partial charge in [0.2, 0.25) is 0 Å². The minimum Gasteiger partial charge on any atom is -0.308 e. The lowest BCUT2D eigenvalue weighted by Gasteiger charge is -2.26. The fourth-order valence-electron chi connectivity index (χ4n) is 1.36. The standard InChI is InChI=1S/C8H15N/c1-3-8-6-4-5-7(2)9-8/h3,7-9H,1,4-6H2,2H3/t7-,8-/m0/s1. The average molecular weight is 125 g/mol. The molecule has 1 aliphatic rings. The van der Waals surface area contributed by atoms with Crippen molar-refractivity contribution in [3.63, 3.8) is 0 Å². The van der Waals surface area contributed by atoms with E-state index in [1.165, 1.54) is 19.3 Å². The Balaban J connectivity index is 2.31. The van der Waals surface area contributed by atoms with E-state index in [1.54, 1.807) is 0 Å². The Kier molecular flexibility index (Phi) is 2.29. The third-order valence-electron chi connectivity index (χ3n) is 1.94. The van der Waals surface area contributed by atoms with Crippen LogP contribution in [0.5, 0.6) is 0 Å². The molecule has 0 bridgehead atoms. The van der Waals surface area contributed by atoms with Gasteiger partial charge in [-0.25, -0.2) is 0 Å². The Labute approximate surface area is 57.1 Å². The van der Waals surface area contributed by atoms with Gasteiger partial charge in [0, 0.05) is 12.1 Å². The Morgan fingerprint density at radius 1 is 1.56 bits per heavy atom. The van der Waals surface area contributed by atoms with E-state index in [-0.39, 0.29) is 0 Å². The molecule has 52 valence electrons. The first-order chi connectivity index (χ1) is 4.33. The van der Waals surface area contributed by atoms with Crippen LogP contribution in [0.25, 0.3) is 0 Å². The number of hydrogen-bond donors (Lipinski definition) is 1. The van der Waals surface area contributed by atoms with E-state index < -0.39 is 0 Å². The summed E-state index contributed by atoms with van der Waals surface area (Å²) in [6.07, 6.45) is 5.96. The first kappa shape index (κ1) is 6.81. The summed E-state index contributed by atoms with van der Waals surface area (Å²) in [7, 11) is 0. The summed E-state index contributed by atoms with van der Waals surface area (Å²) in [6.45, 7) is 5.99. The van der Waals surface area contributed by atoms with Crippen molar-refractivity contribution in [1.82, 2.24) is 5.32 Å². The van der Waals surface area contributed by atoms with Crippen LogP contribution < -0.4 is 5.32 Å². The lowest BCUT2D eigenvalue weighted by atomic mass is 10.00. The molecular formula is C8H15N. The van der Waals surface area contributed by atoms with Gasteiger partial charge in [-0.05, 0) is 19.8 Å². The Bertz CT molecular complexity index is 98.7. The van der Waals surface area contributed by atoms with Gasteiger partial charge < -0.3 is 5.32 Å². The lowest BCUT2D eigenvalue weighted by molar-refractivity contribution is 0.375. The molecule has 0 aromatic rings. The smallest absolute Gasteiger partial charge is 0.0249 e. The normalized spacial score (nSPS) is 36.1. The van der Waals surface area contributed by atoms with E-state index in [4.69, 9.17) is 0 Å². The number of hydrogen-bond acceptors (Lipinski definition) is 1. The van der Waals surface area contributed by atoms with Crippen LogP contribution in [0.3, 0.4) is 0 Å². The van der Waals surface area contributed by atoms with Crippen LogP contribution in [0, 0.1) is 0 Å². The highest BCUT2D eigenvalue weighted by Crippen LogP contribution is 2.11. The van der Waals surface area contributed by atoms with Gasteiger partial charge in [-0.3, -0.25) is 0 Å². The van der Waals surface area contributed by atoms with Crippen molar-refractivity contribution in [3.8, 4) is 0 Å². The molecule has 9 heavy (non-hydrogen) atoms. The fraction of sp³-hybridized carbons (Fsp3) is 0.750. The van der Waals surface area contributed by atoms with Crippen molar-refractivity contribution in [1.29, 1.82) is 0 Å². The molecular weight excluding hydrogens is 110 g/mol. The maximum absolute atomic E-state index is 3.76. The second kappa shape index (κ2) is 3.02. The van der Waals surface area contributed by atoms with Gasteiger partial charge >= 0.3 is 0 Å². The van der Waals surface area contributed by atoms with Crippen LogP contribution in [0.4, 0.5) is 0 Å². The highest BCUT2D eigenvalue weighted by Gasteiger charge is 2.13. The zero-order valence-corrected chi connectivity index (χ0v) is 6.06. The van der Waals surface area contributed by atoms with Crippen LogP contribution >= 0.6 is 0 Å². The molecule has 0 aliphatic carbocycles. The van der Waals surface area contributed by atoms with Crippen molar-refractivity contribution in [2.24, 2.45) is 0 Å². The van der Waals surface area contributed by atoms with Crippen LogP contribution in [-0.2, 0) is 0 Å². The third kappa shape index (κ3) is 1.83. The summed E-state index contributed by atoms with van der Waals surface area (Å²) >= 11 is 0. The lowest BCUT2D eigenvalue weighted by Crippen LogP contribution is -2.38. The zero-order valence-electron chi connectivity index (χ0n) is 6.06. The summed E-state index contributed by atoms with van der Waals surface area (Å²) in [5.74, 6) is 0. The molecule has 1 heterocycles. The molecule has 1 aliphatic heterocycles. The largest absolute Gasteiger partial charge is 0.308 e. The second-order valence-electron chi connectivity index (χ2n) is 2.84. The number of nitrogens with one attached hydrogen (secondary N) is 1. The van der Waals surface area contributed by atoms with Crippen molar-refractivity contribution < 1.29 is 0 Å². The SMILES string of the molecule is C=C[C@H]1CCC[C@H](C)N1. The van der Waals surface area contributed by atoms with E-state index in [2.05, 4.69) is 18.8 Å². The Morgan fingerprint density at radius 3 is 2.78 bits per heavy atom. The van der Waals surface area contributed by atoms with Crippen LogP contribution in [-0.4, -0.2) is 12.1 Å². The van der Waals surface area contributed by atoms with Crippen molar-refractivity contribution >= 4 is 0 Å².